The highest BCUT2D eigenvalue weighted by atomic mass is 79.9. The zero-order valence-corrected chi connectivity index (χ0v) is 13.2. The Kier molecular flexibility index (Phi) is 3.86. The summed E-state index contributed by atoms with van der Waals surface area (Å²) < 4.78 is 6.75. The van der Waals surface area contributed by atoms with Gasteiger partial charge in [0, 0.05) is 0 Å². The minimum absolute atomic E-state index is 0.231. The molecule has 0 saturated carbocycles. The van der Waals surface area contributed by atoms with Crippen molar-refractivity contribution in [2.75, 3.05) is 6.61 Å². The summed E-state index contributed by atoms with van der Waals surface area (Å²) in [6, 6.07) is 4.43. The summed E-state index contributed by atoms with van der Waals surface area (Å²) in [4.78, 5) is 0. The van der Waals surface area contributed by atoms with E-state index in [1.807, 2.05) is 6.92 Å². The number of allylic oxidation sites excluding steroid dienone is 2. The van der Waals surface area contributed by atoms with Crippen LogP contribution in [0.15, 0.2) is 22.7 Å². The Bertz CT molecular complexity index is 486. The van der Waals surface area contributed by atoms with Gasteiger partial charge in [-0.1, -0.05) is 19.9 Å². The molecule has 2 heteroatoms. The Morgan fingerprint density at radius 2 is 2.11 bits per heavy atom. The Labute approximate surface area is 118 Å². The van der Waals surface area contributed by atoms with Gasteiger partial charge >= 0.3 is 0 Å². The number of rotatable bonds is 2. The lowest BCUT2D eigenvalue weighted by molar-refractivity contribution is 0.336. The molecule has 0 aliphatic heterocycles. The van der Waals surface area contributed by atoms with Crippen molar-refractivity contribution in [2.24, 2.45) is 0 Å². The summed E-state index contributed by atoms with van der Waals surface area (Å²) in [5.74, 6) is 0.960. The van der Waals surface area contributed by atoms with Crippen LogP contribution in [0.3, 0.4) is 0 Å². The van der Waals surface area contributed by atoms with Crippen molar-refractivity contribution >= 4 is 21.5 Å². The highest BCUT2D eigenvalue weighted by Gasteiger charge is 2.30. The van der Waals surface area contributed by atoms with Gasteiger partial charge in [-0.15, -0.1) is 0 Å². The van der Waals surface area contributed by atoms with Gasteiger partial charge in [0.05, 0.1) is 11.1 Å². The van der Waals surface area contributed by atoms with Crippen molar-refractivity contribution in [1.82, 2.24) is 0 Å². The Hall–Kier alpha value is -0.760. The van der Waals surface area contributed by atoms with Gasteiger partial charge in [-0.2, -0.15) is 0 Å². The summed E-state index contributed by atoms with van der Waals surface area (Å²) in [5, 5.41) is 0. The lowest BCUT2D eigenvalue weighted by Gasteiger charge is -2.34. The molecule has 18 heavy (non-hydrogen) atoms. The predicted octanol–water partition coefficient (Wildman–Crippen LogP) is 5.32. The average Bonchev–Trinajstić information content (AvgIpc) is 2.31. The van der Waals surface area contributed by atoms with Crippen molar-refractivity contribution in [3.05, 3.63) is 33.8 Å². The van der Waals surface area contributed by atoms with Gasteiger partial charge in [0.2, 0.25) is 0 Å². The first-order chi connectivity index (χ1) is 8.49. The fourth-order valence-corrected chi connectivity index (χ4v) is 3.12. The molecule has 0 bridgehead atoms. The molecule has 98 valence electrons. The third-order valence-corrected chi connectivity index (χ3v) is 4.43. The van der Waals surface area contributed by atoms with Gasteiger partial charge in [-0.25, -0.2) is 0 Å². The van der Waals surface area contributed by atoms with Crippen molar-refractivity contribution < 1.29 is 4.74 Å². The topological polar surface area (TPSA) is 9.23 Å². The smallest absolute Gasteiger partial charge is 0.133 e. The average molecular weight is 309 g/mol. The summed E-state index contributed by atoms with van der Waals surface area (Å²) in [7, 11) is 0. The van der Waals surface area contributed by atoms with Crippen LogP contribution < -0.4 is 4.74 Å². The van der Waals surface area contributed by atoms with Crippen LogP contribution in [0.4, 0.5) is 0 Å². The molecule has 1 aromatic carbocycles. The van der Waals surface area contributed by atoms with Gasteiger partial charge in [-0.3, -0.25) is 0 Å². The molecule has 0 heterocycles. The molecule has 0 atom stereocenters. The standard InChI is InChI=1S/C16H21BrO/c1-5-11-7-8-16(3,4)13-10-15(18-6-2)14(17)9-12(11)13/h5,9-10H,6-8H2,1-4H3/b11-5+. The van der Waals surface area contributed by atoms with Crippen LogP contribution in [-0.4, -0.2) is 6.61 Å². The van der Waals surface area contributed by atoms with Crippen molar-refractivity contribution in [1.29, 1.82) is 0 Å². The molecule has 0 saturated heterocycles. The SMILES string of the molecule is C/C=C1\CCC(C)(C)c2cc(OCC)c(Br)cc21. The summed E-state index contributed by atoms with van der Waals surface area (Å²) in [5.41, 5.74) is 4.47. The molecule has 2 rings (SSSR count). The molecule has 0 radical (unpaired) electrons. The lowest BCUT2D eigenvalue weighted by Crippen LogP contribution is -2.23. The second-order valence-electron chi connectivity index (χ2n) is 5.46. The molecule has 1 aromatic rings. The summed E-state index contributed by atoms with van der Waals surface area (Å²) in [6.07, 6.45) is 4.60. The number of halogens is 1. The second-order valence-corrected chi connectivity index (χ2v) is 6.31. The fraction of sp³-hybridized carbons (Fsp3) is 0.500. The quantitative estimate of drug-likeness (QED) is 0.718. The first-order valence-corrected chi connectivity index (χ1v) is 7.41. The number of ether oxygens (including phenoxy) is 1. The molecular formula is C16H21BrO. The Balaban J connectivity index is 2.61. The Morgan fingerprint density at radius 1 is 1.39 bits per heavy atom. The summed E-state index contributed by atoms with van der Waals surface area (Å²) in [6.45, 7) is 9.49. The molecule has 0 N–H and O–H groups in total. The molecule has 0 unspecified atom stereocenters. The molecule has 0 aromatic heterocycles. The van der Waals surface area contributed by atoms with E-state index in [0.29, 0.717) is 6.61 Å². The largest absolute Gasteiger partial charge is 0.493 e. The fourth-order valence-electron chi connectivity index (χ4n) is 2.66. The number of hydrogen-bond acceptors (Lipinski definition) is 1. The van der Waals surface area contributed by atoms with E-state index in [2.05, 4.69) is 54.9 Å². The minimum atomic E-state index is 0.231. The maximum atomic E-state index is 5.70. The maximum absolute atomic E-state index is 5.70. The van der Waals surface area contributed by atoms with Gasteiger partial charge in [0.25, 0.3) is 0 Å². The van der Waals surface area contributed by atoms with Crippen molar-refractivity contribution in [2.45, 2.75) is 46.0 Å². The van der Waals surface area contributed by atoms with Crippen LogP contribution in [0.2, 0.25) is 0 Å². The zero-order valence-electron chi connectivity index (χ0n) is 11.6. The molecule has 1 aliphatic carbocycles. The van der Waals surface area contributed by atoms with Crippen LogP contribution in [0.1, 0.15) is 51.7 Å². The van der Waals surface area contributed by atoms with Crippen LogP contribution in [0.25, 0.3) is 5.57 Å². The number of hydrogen-bond donors (Lipinski definition) is 0. The first-order valence-electron chi connectivity index (χ1n) is 6.62. The molecule has 0 spiro atoms. The van der Waals surface area contributed by atoms with Crippen LogP contribution >= 0.6 is 15.9 Å². The van der Waals surface area contributed by atoms with E-state index in [-0.39, 0.29) is 5.41 Å². The lowest BCUT2D eigenvalue weighted by atomic mass is 9.71. The van der Waals surface area contributed by atoms with E-state index in [4.69, 9.17) is 4.74 Å². The first kappa shape index (κ1) is 13.7. The van der Waals surface area contributed by atoms with Gasteiger partial charge < -0.3 is 4.74 Å². The number of fused-ring (bicyclic) bond motifs is 1. The van der Waals surface area contributed by atoms with E-state index < -0.39 is 0 Å². The van der Waals surface area contributed by atoms with Crippen LogP contribution in [0.5, 0.6) is 5.75 Å². The molecule has 0 fully saturated rings. The third-order valence-electron chi connectivity index (χ3n) is 3.81. The number of benzene rings is 1. The van der Waals surface area contributed by atoms with Crippen LogP contribution in [-0.2, 0) is 5.41 Å². The minimum Gasteiger partial charge on any atom is -0.493 e. The molecule has 0 amide bonds. The maximum Gasteiger partial charge on any atom is 0.133 e. The van der Waals surface area contributed by atoms with Crippen molar-refractivity contribution in [3.8, 4) is 5.75 Å². The van der Waals surface area contributed by atoms with Crippen LogP contribution in [0, 0.1) is 0 Å². The van der Waals surface area contributed by atoms with Gasteiger partial charge in [0.1, 0.15) is 5.75 Å². The van der Waals surface area contributed by atoms with E-state index >= 15 is 0 Å². The second kappa shape index (κ2) is 5.08. The van der Waals surface area contributed by atoms with Gasteiger partial charge in [-0.05, 0) is 76.9 Å². The van der Waals surface area contributed by atoms with E-state index in [1.165, 1.54) is 23.1 Å². The van der Waals surface area contributed by atoms with E-state index in [9.17, 15) is 0 Å². The molecular weight excluding hydrogens is 288 g/mol. The zero-order chi connectivity index (χ0) is 13.3. The van der Waals surface area contributed by atoms with E-state index in [1.54, 1.807) is 0 Å². The molecule has 1 aliphatic rings. The molecule has 1 nitrogen and oxygen atoms in total. The monoisotopic (exact) mass is 308 g/mol. The third kappa shape index (κ3) is 2.35. The highest BCUT2D eigenvalue weighted by Crippen LogP contribution is 2.45. The Morgan fingerprint density at radius 3 is 2.72 bits per heavy atom. The van der Waals surface area contributed by atoms with Crippen molar-refractivity contribution in [3.63, 3.8) is 0 Å². The van der Waals surface area contributed by atoms with E-state index in [0.717, 1.165) is 16.6 Å². The van der Waals surface area contributed by atoms with Gasteiger partial charge in [0.15, 0.2) is 0 Å². The predicted molar refractivity (Wildman–Crippen MR) is 81.2 cm³/mol. The summed E-state index contributed by atoms with van der Waals surface area (Å²) >= 11 is 3.62. The normalized spacial score (nSPS) is 19.7. The highest BCUT2D eigenvalue weighted by molar-refractivity contribution is 9.10.